The third kappa shape index (κ3) is 5.26. The number of aliphatic hydroxyl groups excluding tert-OH is 2. The fraction of sp³-hybridized carbons (Fsp3) is 0.538. The number of aliphatic hydroxyl groups is 2. The van der Waals surface area contributed by atoms with E-state index in [0.717, 1.165) is 5.56 Å². The summed E-state index contributed by atoms with van der Waals surface area (Å²) >= 11 is 0. The maximum Gasteiger partial charge on any atom is 0.156 e. The first-order valence-corrected chi connectivity index (χ1v) is 5.72. The van der Waals surface area contributed by atoms with Gasteiger partial charge >= 0.3 is 0 Å². The Morgan fingerprint density at radius 1 is 1.12 bits per heavy atom. The molecule has 0 aliphatic carbocycles. The van der Waals surface area contributed by atoms with E-state index in [1.54, 1.807) is 0 Å². The van der Waals surface area contributed by atoms with Crippen LogP contribution in [0.5, 0.6) is 0 Å². The van der Waals surface area contributed by atoms with Crippen LogP contribution in [0.2, 0.25) is 0 Å². The maximum absolute atomic E-state index is 13.4. The lowest BCUT2D eigenvalue weighted by Crippen LogP contribution is -2.32. The third-order valence-corrected chi connectivity index (χ3v) is 2.59. The van der Waals surface area contributed by atoms with Gasteiger partial charge in [-0.15, -0.1) is 0 Å². The number of ether oxygens (including phenoxy) is 1. The molecule has 0 aliphatic rings. The zero-order chi connectivity index (χ0) is 12.6. The Balaban J connectivity index is 2.13. The number of alkyl halides is 1. The predicted molar refractivity (Wildman–Crippen MR) is 63.3 cm³/mol. The lowest BCUT2D eigenvalue weighted by Gasteiger charge is -2.19. The molecular formula is C13H19FO3. The summed E-state index contributed by atoms with van der Waals surface area (Å²) in [6.07, 6.45) is 0.583. The summed E-state index contributed by atoms with van der Waals surface area (Å²) in [5.41, 5.74) is -0.806. The number of rotatable bonds is 8. The summed E-state index contributed by atoms with van der Waals surface area (Å²) in [6, 6.07) is 9.72. The van der Waals surface area contributed by atoms with Gasteiger partial charge in [0.05, 0.1) is 19.8 Å². The molecule has 0 aliphatic heterocycles. The van der Waals surface area contributed by atoms with Gasteiger partial charge in [0, 0.05) is 6.61 Å². The van der Waals surface area contributed by atoms with Gasteiger partial charge in [-0.1, -0.05) is 30.3 Å². The van der Waals surface area contributed by atoms with E-state index in [1.807, 2.05) is 30.3 Å². The fourth-order valence-corrected chi connectivity index (χ4v) is 1.46. The second kappa shape index (κ2) is 7.37. The first kappa shape index (κ1) is 14.1. The molecule has 0 saturated heterocycles. The van der Waals surface area contributed by atoms with Crippen molar-refractivity contribution in [2.24, 2.45) is 0 Å². The summed E-state index contributed by atoms with van der Waals surface area (Å²) < 4.78 is 18.8. The molecule has 0 aromatic heterocycles. The van der Waals surface area contributed by atoms with Gasteiger partial charge in [-0.05, 0) is 18.4 Å². The first-order valence-electron chi connectivity index (χ1n) is 5.72. The predicted octanol–water partition coefficient (Wildman–Crippen LogP) is 1.68. The number of benzene rings is 1. The largest absolute Gasteiger partial charge is 0.393 e. The van der Waals surface area contributed by atoms with Crippen LogP contribution in [0, 0.1) is 0 Å². The maximum atomic E-state index is 13.4. The molecule has 0 spiro atoms. The monoisotopic (exact) mass is 242 g/mol. The van der Waals surface area contributed by atoms with Crippen molar-refractivity contribution in [3.8, 4) is 0 Å². The van der Waals surface area contributed by atoms with Crippen molar-refractivity contribution in [2.45, 2.75) is 25.1 Å². The molecule has 1 aromatic rings. The van der Waals surface area contributed by atoms with Crippen molar-refractivity contribution in [1.29, 1.82) is 0 Å². The van der Waals surface area contributed by atoms with Crippen LogP contribution < -0.4 is 0 Å². The highest BCUT2D eigenvalue weighted by Crippen LogP contribution is 2.16. The van der Waals surface area contributed by atoms with E-state index in [9.17, 15) is 4.39 Å². The Labute approximate surface area is 101 Å². The van der Waals surface area contributed by atoms with Crippen LogP contribution in [0.1, 0.15) is 18.4 Å². The van der Waals surface area contributed by atoms with E-state index in [0.29, 0.717) is 19.6 Å². The highest BCUT2D eigenvalue weighted by molar-refractivity contribution is 5.13. The zero-order valence-corrected chi connectivity index (χ0v) is 9.81. The SMILES string of the molecule is OCC(F)(CO)CCCOCc1ccccc1. The topological polar surface area (TPSA) is 49.7 Å². The van der Waals surface area contributed by atoms with Crippen molar-refractivity contribution < 1.29 is 19.3 Å². The molecule has 0 unspecified atom stereocenters. The van der Waals surface area contributed by atoms with Gasteiger partial charge in [-0.3, -0.25) is 0 Å². The molecule has 1 rings (SSSR count). The van der Waals surface area contributed by atoms with Crippen LogP contribution in [-0.4, -0.2) is 35.7 Å². The van der Waals surface area contributed by atoms with Crippen LogP contribution in [0.25, 0.3) is 0 Å². The molecular weight excluding hydrogens is 223 g/mol. The minimum Gasteiger partial charge on any atom is -0.393 e. The van der Waals surface area contributed by atoms with E-state index >= 15 is 0 Å². The summed E-state index contributed by atoms with van der Waals surface area (Å²) in [7, 11) is 0. The van der Waals surface area contributed by atoms with Crippen molar-refractivity contribution in [3.05, 3.63) is 35.9 Å². The smallest absolute Gasteiger partial charge is 0.156 e. The van der Waals surface area contributed by atoms with Gasteiger partial charge in [-0.2, -0.15) is 0 Å². The zero-order valence-electron chi connectivity index (χ0n) is 9.81. The average Bonchev–Trinajstić information content (AvgIpc) is 2.39. The quantitative estimate of drug-likeness (QED) is 0.682. The summed E-state index contributed by atoms with van der Waals surface area (Å²) in [4.78, 5) is 0. The Bertz CT molecular complexity index is 299. The second-order valence-electron chi connectivity index (χ2n) is 4.11. The van der Waals surface area contributed by atoms with Gasteiger partial charge in [0.25, 0.3) is 0 Å². The molecule has 1 aromatic carbocycles. The molecule has 0 atom stereocenters. The average molecular weight is 242 g/mol. The fourth-order valence-electron chi connectivity index (χ4n) is 1.46. The minimum absolute atomic E-state index is 0.106. The van der Waals surface area contributed by atoms with Crippen molar-refractivity contribution in [2.75, 3.05) is 19.8 Å². The molecule has 0 amide bonds. The summed E-state index contributed by atoms with van der Waals surface area (Å²) in [6.45, 7) is -0.386. The third-order valence-electron chi connectivity index (χ3n) is 2.59. The van der Waals surface area contributed by atoms with Crippen LogP contribution in [0.4, 0.5) is 4.39 Å². The molecule has 96 valence electrons. The highest BCUT2D eigenvalue weighted by atomic mass is 19.1. The van der Waals surface area contributed by atoms with E-state index in [4.69, 9.17) is 14.9 Å². The summed E-state index contributed by atoms with van der Waals surface area (Å²) in [5, 5.41) is 17.5. The Hall–Kier alpha value is -0.970. The molecule has 0 fully saturated rings. The normalized spacial score (nSPS) is 11.7. The highest BCUT2D eigenvalue weighted by Gasteiger charge is 2.26. The lowest BCUT2D eigenvalue weighted by molar-refractivity contribution is 0.000834. The molecule has 4 heteroatoms. The molecule has 0 saturated carbocycles. The standard InChI is InChI=1S/C13H19FO3/c14-13(10-15,11-16)7-4-8-17-9-12-5-2-1-3-6-12/h1-3,5-6,15-16H,4,7-11H2. The number of hydrogen-bond donors (Lipinski definition) is 2. The Morgan fingerprint density at radius 2 is 1.76 bits per heavy atom. The number of hydrogen-bond acceptors (Lipinski definition) is 3. The van der Waals surface area contributed by atoms with E-state index in [2.05, 4.69) is 0 Å². The molecule has 0 radical (unpaired) electrons. The van der Waals surface area contributed by atoms with E-state index in [-0.39, 0.29) is 6.42 Å². The van der Waals surface area contributed by atoms with Crippen LogP contribution >= 0.6 is 0 Å². The minimum atomic E-state index is -1.88. The van der Waals surface area contributed by atoms with Crippen LogP contribution in [0.3, 0.4) is 0 Å². The molecule has 0 heterocycles. The van der Waals surface area contributed by atoms with Crippen molar-refractivity contribution in [1.82, 2.24) is 0 Å². The first-order chi connectivity index (χ1) is 8.20. The molecule has 3 nitrogen and oxygen atoms in total. The Kier molecular flexibility index (Phi) is 6.11. The van der Waals surface area contributed by atoms with Gasteiger partial charge < -0.3 is 14.9 Å². The van der Waals surface area contributed by atoms with Crippen molar-refractivity contribution >= 4 is 0 Å². The van der Waals surface area contributed by atoms with Gasteiger partial charge in [0.15, 0.2) is 5.67 Å². The molecule has 2 N–H and O–H groups in total. The molecule has 0 bridgehead atoms. The number of halogens is 1. The van der Waals surface area contributed by atoms with Gasteiger partial charge in [-0.25, -0.2) is 4.39 Å². The van der Waals surface area contributed by atoms with Crippen LogP contribution in [-0.2, 0) is 11.3 Å². The van der Waals surface area contributed by atoms with Crippen LogP contribution in [0.15, 0.2) is 30.3 Å². The van der Waals surface area contributed by atoms with Gasteiger partial charge in [0.2, 0.25) is 0 Å². The second-order valence-corrected chi connectivity index (χ2v) is 4.11. The van der Waals surface area contributed by atoms with Gasteiger partial charge in [0.1, 0.15) is 0 Å². The summed E-state index contributed by atoms with van der Waals surface area (Å²) in [5.74, 6) is 0. The van der Waals surface area contributed by atoms with E-state index < -0.39 is 18.9 Å². The van der Waals surface area contributed by atoms with E-state index in [1.165, 1.54) is 0 Å². The molecule has 17 heavy (non-hydrogen) atoms. The Morgan fingerprint density at radius 3 is 2.35 bits per heavy atom. The lowest BCUT2D eigenvalue weighted by atomic mass is 10.0. The van der Waals surface area contributed by atoms with Crippen molar-refractivity contribution in [3.63, 3.8) is 0 Å².